The largest absolute Gasteiger partial charge is 0.451 e. The average molecular weight is 495 g/mol. The number of aromatic nitrogens is 3. The first-order valence-corrected chi connectivity index (χ1v) is 11.4. The van der Waals surface area contributed by atoms with Crippen molar-refractivity contribution in [3.05, 3.63) is 98.7 Å². The van der Waals surface area contributed by atoms with Gasteiger partial charge < -0.3 is 4.74 Å². The number of carbonyl (C=O) groups excluding carboxylic acids is 2. The molecule has 0 fully saturated rings. The second-order valence-electron chi connectivity index (χ2n) is 7.24. The third-order valence-electron chi connectivity index (χ3n) is 4.84. The van der Waals surface area contributed by atoms with Crippen LogP contribution in [0.5, 0.6) is 0 Å². The molecule has 2 aromatic carbocycles. The van der Waals surface area contributed by atoms with E-state index in [1.54, 1.807) is 12.1 Å². The third kappa shape index (κ3) is 5.56. The normalized spacial score (nSPS) is 10.6. The van der Waals surface area contributed by atoms with Gasteiger partial charge in [0.15, 0.2) is 17.4 Å². The number of amides is 1. The van der Waals surface area contributed by atoms with E-state index in [1.807, 2.05) is 47.8 Å². The number of thiazole rings is 1. The Kier molecular flexibility index (Phi) is 7.15. The van der Waals surface area contributed by atoms with E-state index in [2.05, 4.69) is 10.1 Å². The monoisotopic (exact) mass is 494 g/mol. The first kappa shape index (κ1) is 23.3. The maximum Gasteiger partial charge on any atom is 0.359 e. The Morgan fingerprint density at radius 2 is 1.79 bits per heavy atom. The van der Waals surface area contributed by atoms with Gasteiger partial charge in [0.25, 0.3) is 11.5 Å². The van der Waals surface area contributed by atoms with Crippen LogP contribution in [0.4, 0.5) is 5.13 Å². The molecule has 0 aliphatic rings. The van der Waals surface area contributed by atoms with Gasteiger partial charge in [0.2, 0.25) is 0 Å². The van der Waals surface area contributed by atoms with Gasteiger partial charge in [0, 0.05) is 29.1 Å². The number of ether oxygens (including phenoxy) is 1. The molecule has 10 heteroatoms. The van der Waals surface area contributed by atoms with Crippen LogP contribution in [0.15, 0.2) is 76.9 Å². The van der Waals surface area contributed by atoms with Crippen molar-refractivity contribution in [1.82, 2.24) is 14.8 Å². The Labute approximate surface area is 204 Å². The van der Waals surface area contributed by atoms with Crippen molar-refractivity contribution < 1.29 is 14.3 Å². The Balaban J connectivity index is 1.54. The summed E-state index contributed by atoms with van der Waals surface area (Å²) in [6, 6.07) is 19.2. The quantitative estimate of drug-likeness (QED) is 0.361. The minimum Gasteiger partial charge on any atom is -0.451 e. The van der Waals surface area contributed by atoms with E-state index in [-0.39, 0.29) is 17.8 Å². The Morgan fingerprint density at radius 3 is 2.50 bits per heavy atom. The molecule has 4 rings (SSSR count). The lowest BCUT2D eigenvalue weighted by atomic mass is 10.2. The first-order chi connectivity index (χ1) is 16.4. The summed E-state index contributed by atoms with van der Waals surface area (Å²) in [5, 5.41) is 6.79. The highest BCUT2D eigenvalue weighted by Crippen LogP contribution is 2.29. The van der Waals surface area contributed by atoms with Crippen molar-refractivity contribution in [2.75, 3.05) is 11.5 Å². The Bertz CT molecular complexity index is 1370. The van der Waals surface area contributed by atoms with Crippen molar-refractivity contribution in [2.24, 2.45) is 7.05 Å². The first-order valence-electron chi connectivity index (χ1n) is 10.2. The summed E-state index contributed by atoms with van der Waals surface area (Å²) in [4.78, 5) is 43.0. The zero-order valence-electron chi connectivity index (χ0n) is 18.1. The van der Waals surface area contributed by atoms with Gasteiger partial charge in [0.1, 0.15) is 0 Å². The maximum atomic E-state index is 13.1. The van der Waals surface area contributed by atoms with Crippen LogP contribution < -0.4 is 10.5 Å². The summed E-state index contributed by atoms with van der Waals surface area (Å²) in [5.74, 6) is -1.25. The smallest absolute Gasteiger partial charge is 0.359 e. The summed E-state index contributed by atoms with van der Waals surface area (Å²) in [7, 11) is 1.42. The standard InChI is InChI=1S/C24H19ClN4O4S/c1-28-21(30)12-11-19(27-28)23(32)33-14-22(31)29(13-16-5-3-2-4-6-16)24-26-20(15-34-24)17-7-9-18(25)10-8-17/h2-12,15H,13-14H2,1H3. The minimum absolute atomic E-state index is 0.0659. The highest BCUT2D eigenvalue weighted by Gasteiger charge is 2.22. The minimum atomic E-state index is -0.801. The van der Waals surface area contributed by atoms with Gasteiger partial charge in [-0.2, -0.15) is 5.10 Å². The van der Waals surface area contributed by atoms with Gasteiger partial charge in [-0.3, -0.25) is 14.5 Å². The number of aryl methyl sites for hydroxylation is 1. The van der Waals surface area contributed by atoms with Crippen molar-refractivity contribution >= 4 is 39.9 Å². The fourth-order valence-electron chi connectivity index (χ4n) is 3.06. The molecule has 1 amide bonds. The molecule has 0 N–H and O–H groups in total. The number of rotatable bonds is 7. The molecule has 0 aliphatic carbocycles. The molecule has 0 aliphatic heterocycles. The van der Waals surface area contributed by atoms with Crippen molar-refractivity contribution in [2.45, 2.75) is 6.54 Å². The molecule has 0 unspecified atom stereocenters. The number of carbonyl (C=O) groups is 2. The summed E-state index contributed by atoms with van der Waals surface area (Å²) < 4.78 is 6.21. The van der Waals surface area contributed by atoms with E-state index in [9.17, 15) is 14.4 Å². The van der Waals surface area contributed by atoms with Crippen LogP contribution in [0.1, 0.15) is 16.1 Å². The van der Waals surface area contributed by atoms with E-state index in [0.29, 0.717) is 15.8 Å². The van der Waals surface area contributed by atoms with E-state index >= 15 is 0 Å². The van der Waals surface area contributed by atoms with Crippen LogP contribution in [0, 0.1) is 0 Å². The van der Waals surface area contributed by atoms with E-state index in [0.717, 1.165) is 15.8 Å². The van der Waals surface area contributed by atoms with Crippen LogP contribution in [0.2, 0.25) is 5.02 Å². The number of hydrogen-bond acceptors (Lipinski definition) is 7. The third-order valence-corrected chi connectivity index (χ3v) is 5.96. The molecular weight excluding hydrogens is 476 g/mol. The molecular formula is C24H19ClN4O4S. The molecule has 0 atom stereocenters. The number of hydrogen-bond donors (Lipinski definition) is 0. The lowest BCUT2D eigenvalue weighted by Crippen LogP contribution is -2.34. The molecule has 4 aromatic rings. The van der Waals surface area contributed by atoms with Crippen LogP contribution in [0.3, 0.4) is 0 Å². The fraction of sp³-hybridized carbons (Fsp3) is 0.125. The molecule has 8 nitrogen and oxygen atoms in total. The number of nitrogens with zero attached hydrogens (tertiary/aromatic N) is 4. The lowest BCUT2D eigenvalue weighted by Gasteiger charge is -2.20. The Hall–Kier alpha value is -3.82. The van der Waals surface area contributed by atoms with Crippen LogP contribution in [-0.4, -0.2) is 33.2 Å². The van der Waals surface area contributed by atoms with Gasteiger partial charge in [0.05, 0.1) is 12.2 Å². The maximum absolute atomic E-state index is 13.1. The highest BCUT2D eigenvalue weighted by atomic mass is 35.5. The summed E-state index contributed by atoms with van der Waals surface area (Å²) in [5.41, 5.74) is 2.04. The van der Waals surface area contributed by atoms with E-state index < -0.39 is 18.5 Å². The van der Waals surface area contributed by atoms with E-state index in [1.165, 1.54) is 35.4 Å². The molecule has 0 saturated heterocycles. The predicted molar refractivity (Wildman–Crippen MR) is 130 cm³/mol. The SMILES string of the molecule is Cn1nc(C(=O)OCC(=O)N(Cc2ccccc2)c2nc(-c3ccc(Cl)cc3)cs2)ccc1=O. The van der Waals surface area contributed by atoms with Crippen LogP contribution in [0.25, 0.3) is 11.3 Å². The Morgan fingerprint density at radius 1 is 1.06 bits per heavy atom. The van der Waals surface area contributed by atoms with Crippen molar-refractivity contribution in [3.63, 3.8) is 0 Å². The molecule has 172 valence electrons. The molecule has 2 heterocycles. The highest BCUT2D eigenvalue weighted by molar-refractivity contribution is 7.14. The number of halogens is 1. The molecule has 0 spiro atoms. The predicted octanol–water partition coefficient (Wildman–Crippen LogP) is 3.95. The number of anilines is 1. The molecule has 0 radical (unpaired) electrons. The summed E-state index contributed by atoms with van der Waals surface area (Å²) in [6.07, 6.45) is 0. The lowest BCUT2D eigenvalue weighted by molar-refractivity contribution is -0.121. The molecule has 0 bridgehead atoms. The molecule has 34 heavy (non-hydrogen) atoms. The van der Waals surface area contributed by atoms with Crippen molar-refractivity contribution in [1.29, 1.82) is 0 Å². The second-order valence-corrected chi connectivity index (χ2v) is 8.52. The van der Waals surface area contributed by atoms with Crippen molar-refractivity contribution in [3.8, 4) is 11.3 Å². The second kappa shape index (κ2) is 10.4. The number of esters is 1. The van der Waals surface area contributed by atoms with E-state index in [4.69, 9.17) is 16.3 Å². The average Bonchev–Trinajstić information content (AvgIpc) is 3.33. The van der Waals surface area contributed by atoms with Gasteiger partial charge in [-0.15, -0.1) is 11.3 Å². The van der Waals surface area contributed by atoms with Crippen LogP contribution in [-0.2, 0) is 23.1 Å². The number of benzene rings is 2. The van der Waals surface area contributed by atoms with Gasteiger partial charge in [-0.1, -0.05) is 54.1 Å². The summed E-state index contributed by atoms with van der Waals surface area (Å²) in [6.45, 7) is -0.255. The fourth-order valence-corrected chi connectivity index (χ4v) is 4.04. The molecule has 2 aromatic heterocycles. The van der Waals surface area contributed by atoms with Gasteiger partial charge >= 0.3 is 5.97 Å². The van der Waals surface area contributed by atoms with Crippen LogP contribution >= 0.6 is 22.9 Å². The molecule has 0 saturated carbocycles. The zero-order valence-corrected chi connectivity index (χ0v) is 19.6. The topological polar surface area (TPSA) is 94.4 Å². The van der Waals surface area contributed by atoms with Gasteiger partial charge in [-0.05, 0) is 23.8 Å². The zero-order chi connectivity index (χ0) is 24.1. The summed E-state index contributed by atoms with van der Waals surface area (Å²) >= 11 is 7.28. The van der Waals surface area contributed by atoms with Gasteiger partial charge in [-0.25, -0.2) is 14.5 Å².